The zero-order valence-corrected chi connectivity index (χ0v) is 15.8. The van der Waals surface area contributed by atoms with Gasteiger partial charge in [0.15, 0.2) is 12.7 Å². The molecular weight excluding hydrogens is 344 g/mol. The smallest absolute Gasteiger partial charge is 0.267 e. The highest BCUT2D eigenvalue weighted by Gasteiger charge is 2.30. The Morgan fingerprint density at radius 1 is 1.22 bits per heavy atom. The van der Waals surface area contributed by atoms with E-state index in [1.54, 1.807) is 30.0 Å². The molecule has 1 atom stereocenters. The number of aryl methyl sites for hydroxylation is 1. The standard InChI is InChI=1S/C21H24N2O4/c1-4-15-7-6-8-17(11-15)26-13-20(24)22-16-9-10-19-18(12-16)23(5-2)21(25)14(3)27-19/h6-12,14H,4-5,13H2,1-3H3,(H,22,24). The van der Waals surface area contributed by atoms with E-state index in [2.05, 4.69) is 12.2 Å². The lowest BCUT2D eigenvalue weighted by atomic mass is 10.1. The summed E-state index contributed by atoms with van der Waals surface area (Å²) in [5, 5.41) is 2.80. The summed E-state index contributed by atoms with van der Waals surface area (Å²) in [5.41, 5.74) is 2.41. The highest BCUT2D eigenvalue weighted by molar-refractivity contribution is 6.01. The van der Waals surface area contributed by atoms with Gasteiger partial charge in [0.05, 0.1) is 5.69 Å². The molecule has 0 saturated heterocycles. The predicted molar refractivity (Wildman–Crippen MR) is 105 cm³/mol. The Labute approximate surface area is 159 Å². The molecule has 0 aliphatic carbocycles. The van der Waals surface area contributed by atoms with Crippen LogP contribution < -0.4 is 19.7 Å². The first-order chi connectivity index (χ1) is 13.0. The first kappa shape index (κ1) is 18.8. The third kappa shape index (κ3) is 4.22. The number of anilines is 2. The monoisotopic (exact) mass is 368 g/mol. The van der Waals surface area contributed by atoms with Crippen LogP contribution in [0, 0.1) is 0 Å². The van der Waals surface area contributed by atoms with E-state index in [4.69, 9.17) is 9.47 Å². The highest BCUT2D eigenvalue weighted by atomic mass is 16.5. The van der Waals surface area contributed by atoms with Crippen molar-refractivity contribution in [3.05, 3.63) is 48.0 Å². The number of likely N-dealkylation sites (N-methyl/N-ethyl adjacent to an activating group) is 1. The Hall–Kier alpha value is -3.02. The molecule has 142 valence electrons. The lowest BCUT2D eigenvalue weighted by Gasteiger charge is -2.32. The molecule has 1 aliphatic heterocycles. The maximum Gasteiger partial charge on any atom is 0.267 e. The molecule has 0 spiro atoms. The molecule has 1 aliphatic rings. The number of nitrogens with zero attached hydrogens (tertiary/aromatic N) is 1. The van der Waals surface area contributed by atoms with Crippen LogP contribution in [0.2, 0.25) is 0 Å². The third-order valence-electron chi connectivity index (χ3n) is 4.44. The molecule has 3 rings (SSSR count). The number of amides is 2. The van der Waals surface area contributed by atoms with Crippen LogP contribution >= 0.6 is 0 Å². The summed E-state index contributed by atoms with van der Waals surface area (Å²) in [6, 6.07) is 13.0. The highest BCUT2D eigenvalue weighted by Crippen LogP contribution is 2.36. The third-order valence-corrected chi connectivity index (χ3v) is 4.44. The first-order valence-electron chi connectivity index (χ1n) is 9.15. The van der Waals surface area contributed by atoms with Crippen LogP contribution in [0.3, 0.4) is 0 Å². The second-order valence-electron chi connectivity index (χ2n) is 6.36. The van der Waals surface area contributed by atoms with Crippen molar-refractivity contribution in [1.29, 1.82) is 0 Å². The minimum atomic E-state index is -0.509. The Morgan fingerprint density at radius 2 is 2.04 bits per heavy atom. The number of hydrogen-bond donors (Lipinski definition) is 1. The van der Waals surface area contributed by atoms with E-state index >= 15 is 0 Å². The number of carbonyl (C=O) groups excluding carboxylic acids is 2. The number of fused-ring (bicyclic) bond motifs is 1. The largest absolute Gasteiger partial charge is 0.484 e. The zero-order valence-electron chi connectivity index (χ0n) is 15.8. The molecule has 2 aromatic carbocycles. The number of carbonyl (C=O) groups is 2. The minimum Gasteiger partial charge on any atom is -0.484 e. The van der Waals surface area contributed by atoms with Crippen molar-refractivity contribution in [3.63, 3.8) is 0 Å². The van der Waals surface area contributed by atoms with Gasteiger partial charge in [0.1, 0.15) is 11.5 Å². The molecule has 6 heteroatoms. The van der Waals surface area contributed by atoms with Gasteiger partial charge in [0, 0.05) is 12.2 Å². The van der Waals surface area contributed by atoms with Crippen LogP contribution in [0.5, 0.6) is 11.5 Å². The van der Waals surface area contributed by atoms with Crippen LogP contribution in [0.25, 0.3) is 0 Å². The fourth-order valence-corrected chi connectivity index (χ4v) is 3.01. The summed E-state index contributed by atoms with van der Waals surface area (Å²) in [4.78, 5) is 26.1. The van der Waals surface area contributed by atoms with Gasteiger partial charge in [-0.3, -0.25) is 9.59 Å². The number of ether oxygens (including phenoxy) is 2. The minimum absolute atomic E-state index is 0.0891. The van der Waals surface area contributed by atoms with Crippen molar-refractivity contribution in [2.75, 3.05) is 23.4 Å². The van der Waals surface area contributed by atoms with E-state index in [9.17, 15) is 9.59 Å². The van der Waals surface area contributed by atoms with Crippen LogP contribution in [0.15, 0.2) is 42.5 Å². The quantitative estimate of drug-likeness (QED) is 0.849. The summed E-state index contributed by atoms with van der Waals surface area (Å²) >= 11 is 0. The van der Waals surface area contributed by atoms with Crippen molar-refractivity contribution in [3.8, 4) is 11.5 Å². The van der Waals surface area contributed by atoms with Gasteiger partial charge in [0.2, 0.25) is 0 Å². The van der Waals surface area contributed by atoms with Gasteiger partial charge in [-0.05, 0) is 56.2 Å². The molecule has 0 fully saturated rings. The molecular formula is C21H24N2O4. The average molecular weight is 368 g/mol. The first-order valence-corrected chi connectivity index (χ1v) is 9.15. The fraction of sp³-hybridized carbons (Fsp3) is 0.333. The van der Waals surface area contributed by atoms with Gasteiger partial charge in [-0.15, -0.1) is 0 Å². The molecule has 1 heterocycles. The van der Waals surface area contributed by atoms with Crippen LogP contribution in [-0.2, 0) is 16.0 Å². The Balaban J connectivity index is 1.66. The van der Waals surface area contributed by atoms with Gasteiger partial charge >= 0.3 is 0 Å². The SMILES string of the molecule is CCc1cccc(OCC(=O)Nc2ccc3c(c2)N(CC)C(=O)C(C)O3)c1. The molecule has 1 N–H and O–H groups in total. The lowest BCUT2D eigenvalue weighted by molar-refractivity contribution is -0.125. The van der Waals surface area contributed by atoms with Gasteiger partial charge in [0.25, 0.3) is 11.8 Å². The second kappa shape index (κ2) is 8.12. The molecule has 0 radical (unpaired) electrons. The summed E-state index contributed by atoms with van der Waals surface area (Å²) < 4.78 is 11.2. The van der Waals surface area contributed by atoms with Crippen molar-refractivity contribution < 1.29 is 19.1 Å². The fourth-order valence-electron chi connectivity index (χ4n) is 3.01. The van der Waals surface area contributed by atoms with Crippen LogP contribution in [-0.4, -0.2) is 31.1 Å². The Bertz CT molecular complexity index is 850. The number of nitrogens with one attached hydrogen (secondary N) is 1. The topological polar surface area (TPSA) is 67.9 Å². The van der Waals surface area contributed by atoms with E-state index in [0.29, 0.717) is 29.4 Å². The van der Waals surface area contributed by atoms with Crippen molar-refractivity contribution in [1.82, 2.24) is 0 Å². The van der Waals surface area contributed by atoms with E-state index in [0.717, 1.165) is 12.0 Å². The molecule has 2 aromatic rings. The summed E-state index contributed by atoms with van der Waals surface area (Å²) in [6.45, 7) is 6.15. The maximum atomic E-state index is 12.3. The molecule has 27 heavy (non-hydrogen) atoms. The van der Waals surface area contributed by atoms with Crippen LogP contribution in [0.1, 0.15) is 26.3 Å². The van der Waals surface area contributed by atoms with E-state index in [-0.39, 0.29) is 18.4 Å². The summed E-state index contributed by atoms with van der Waals surface area (Å²) in [7, 11) is 0. The zero-order chi connectivity index (χ0) is 19.4. The predicted octanol–water partition coefficient (Wildman–Crippen LogP) is 3.40. The van der Waals surface area contributed by atoms with E-state index < -0.39 is 6.10 Å². The number of hydrogen-bond acceptors (Lipinski definition) is 4. The van der Waals surface area contributed by atoms with Crippen molar-refractivity contribution in [2.45, 2.75) is 33.3 Å². The van der Waals surface area contributed by atoms with Crippen LogP contribution in [0.4, 0.5) is 11.4 Å². The number of benzene rings is 2. The average Bonchev–Trinajstić information content (AvgIpc) is 2.68. The summed E-state index contributed by atoms with van der Waals surface area (Å²) in [6.07, 6.45) is 0.399. The summed E-state index contributed by atoms with van der Waals surface area (Å²) in [5.74, 6) is 0.943. The van der Waals surface area contributed by atoms with Crippen molar-refractivity contribution >= 4 is 23.2 Å². The molecule has 2 amide bonds. The van der Waals surface area contributed by atoms with E-state index in [1.807, 2.05) is 31.2 Å². The molecule has 0 aromatic heterocycles. The van der Waals surface area contributed by atoms with Gasteiger partial charge < -0.3 is 19.7 Å². The van der Waals surface area contributed by atoms with Gasteiger partial charge in [-0.1, -0.05) is 19.1 Å². The molecule has 0 bridgehead atoms. The lowest BCUT2D eigenvalue weighted by Crippen LogP contribution is -2.44. The second-order valence-corrected chi connectivity index (χ2v) is 6.36. The Morgan fingerprint density at radius 3 is 2.78 bits per heavy atom. The Kier molecular flexibility index (Phi) is 5.64. The maximum absolute atomic E-state index is 12.3. The van der Waals surface area contributed by atoms with Gasteiger partial charge in [-0.2, -0.15) is 0 Å². The number of rotatable bonds is 6. The normalized spacial score (nSPS) is 15.7. The van der Waals surface area contributed by atoms with Gasteiger partial charge in [-0.25, -0.2) is 0 Å². The molecule has 1 unspecified atom stereocenters. The molecule has 6 nitrogen and oxygen atoms in total. The van der Waals surface area contributed by atoms with Crippen molar-refractivity contribution in [2.24, 2.45) is 0 Å². The molecule has 0 saturated carbocycles. The van der Waals surface area contributed by atoms with E-state index in [1.165, 1.54) is 0 Å².